The average Bonchev–Trinajstić information content (AvgIpc) is 2.54. The van der Waals surface area contributed by atoms with E-state index in [1.54, 1.807) is 14.2 Å². The van der Waals surface area contributed by atoms with Crippen molar-refractivity contribution in [2.75, 3.05) is 20.8 Å². The predicted octanol–water partition coefficient (Wildman–Crippen LogP) is 3.67. The van der Waals surface area contributed by atoms with Crippen LogP contribution in [0.2, 0.25) is 0 Å². The number of hydrogen-bond acceptors (Lipinski definition) is 3. The van der Waals surface area contributed by atoms with Gasteiger partial charge in [0.15, 0.2) is 6.29 Å². The van der Waals surface area contributed by atoms with Crippen LogP contribution in [0.3, 0.4) is 0 Å². The van der Waals surface area contributed by atoms with Gasteiger partial charge < -0.3 is 14.2 Å². The lowest BCUT2D eigenvalue weighted by atomic mass is 10.1. The minimum Gasteiger partial charge on any atom is -0.493 e. The highest BCUT2D eigenvalue weighted by Crippen LogP contribution is 2.15. The number of rotatable bonds is 8. The van der Waals surface area contributed by atoms with E-state index in [1.165, 1.54) is 11.1 Å². The van der Waals surface area contributed by atoms with Gasteiger partial charge in [-0.3, -0.25) is 0 Å². The van der Waals surface area contributed by atoms with Gasteiger partial charge in [-0.2, -0.15) is 0 Å². The maximum atomic E-state index is 5.69. The zero-order valence-electron chi connectivity index (χ0n) is 12.6. The fraction of sp³-hybridized carbons (Fsp3) is 0.333. The van der Waals surface area contributed by atoms with Crippen molar-refractivity contribution in [1.29, 1.82) is 0 Å². The third kappa shape index (κ3) is 5.21. The molecule has 112 valence electrons. The molecular formula is C18H22O3. The van der Waals surface area contributed by atoms with Gasteiger partial charge in [0.05, 0.1) is 6.61 Å². The fourth-order valence-electron chi connectivity index (χ4n) is 2.14. The topological polar surface area (TPSA) is 27.7 Å². The van der Waals surface area contributed by atoms with Gasteiger partial charge in [-0.1, -0.05) is 42.5 Å². The van der Waals surface area contributed by atoms with Crippen LogP contribution in [0.1, 0.15) is 17.5 Å². The Bertz CT molecular complexity index is 504. The minimum absolute atomic E-state index is 0.206. The van der Waals surface area contributed by atoms with E-state index in [2.05, 4.69) is 36.4 Å². The molecule has 21 heavy (non-hydrogen) atoms. The van der Waals surface area contributed by atoms with Crippen molar-refractivity contribution in [2.45, 2.75) is 19.1 Å². The van der Waals surface area contributed by atoms with E-state index in [9.17, 15) is 0 Å². The molecule has 0 bridgehead atoms. The number of hydrogen-bond donors (Lipinski definition) is 0. The van der Waals surface area contributed by atoms with Gasteiger partial charge in [0.1, 0.15) is 5.75 Å². The Hall–Kier alpha value is -1.84. The Balaban J connectivity index is 1.82. The van der Waals surface area contributed by atoms with Crippen molar-refractivity contribution in [3.05, 3.63) is 65.7 Å². The summed E-state index contributed by atoms with van der Waals surface area (Å²) in [4.78, 5) is 0. The van der Waals surface area contributed by atoms with Crippen molar-refractivity contribution < 1.29 is 14.2 Å². The predicted molar refractivity (Wildman–Crippen MR) is 83.6 cm³/mol. The molecule has 2 rings (SSSR count). The van der Waals surface area contributed by atoms with Crippen LogP contribution in [0, 0.1) is 0 Å². The molecule has 2 aromatic carbocycles. The van der Waals surface area contributed by atoms with Crippen LogP contribution in [0.15, 0.2) is 54.6 Å². The zero-order valence-corrected chi connectivity index (χ0v) is 12.6. The summed E-state index contributed by atoms with van der Waals surface area (Å²) in [5.41, 5.74) is 2.59. The highest BCUT2D eigenvalue weighted by molar-refractivity contribution is 5.31. The summed E-state index contributed by atoms with van der Waals surface area (Å²) in [6, 6.07) is 18.7. The summed E-state index contributed by atoms with van der Waals surface area (Å²) >= 11 is 0. The van der Waals surface area contributed by atoms with Gasteiger partial charge in [-0.05, 0) is 29.7 Å². The van der Waals surface area contributed by atoms with E-state index in [1.807, 2.05) is 18.2 Å². The SMILES string of the molecule is COC(CCOc1ccc(Cc2ccccc2)cc1)OC. The summed E-state index contributed by atoms with van der Waals surface area (Å²) in [7, 11) is 3.26. The third-order valence-corrected chi connectivity index (χ3v) is 3.32. The molecule has 0 N–H and O–H groups in total. The molecule has 0 spiro atoms. The summed E-state index contributed by atoms with van der Waals surface area (Å²) < 4.78 is 15.9. The van der Waals surface area contributed by atoms with Crippen molar-refractivity contribution in [3.63, 3.8) is 0 Å². The number of methoxy groups -OCH3 is 2. The average molecular weight is 286 g/mol. The Morgan fingerprint density at radius 2 is 1.43 bits per heavy atom. The maximum Gasteiger partial charge on any atom is 0.160 e. The van der Waals surface area contributed by atoms with E-state index < -0.39 is 0 Å². The molecule has 0 amide bonds. The van der Waals surface area contributed by atoms with Gasteiger partial charge in [0.25, 0.3) is 0 Å². The van der Waals surface area contributed by atoms with Crippen molar-refractivity contribution >= 4 is 0 Å². The molecule has 0 aromatic heterocycles. The molecule has 0 aliphatic carbocycles. The molecule has 2 aromatic rings. The molecular weight excluding hydrogens is 264 g/mol. The standard InChI is InChI=1S/C18H22O3/c1-19-18(20-2)12-13-21-17-10-8-16(9-11-17)14-15-6-4-3-5-7-15/h3-11,18H,12-14H2,1-2H3. The van der Waals surface area contributed by atoms with Crippen LogP contribution in [0.5, 0.6) is 5.75 Å². The highest BCUT2D eigenvalue weighted by Gasteiger charge is 2.05. The van der Waals surface area contributed by atoms with Crippen LogP contribution in [-0.4, -0.2) is 27.1 Å². The Kier molecular flexibility index (Phi) is 6.25. The Morgan fingerprint density at radius 1 is 0.810 bits per heavy atom. The summed E-state index contributed by atoms with van der Waals surface area (Å²) in [5, 5.41) is 0. The second-order valence-electron chi connectivity index (χ2n) is 4.84. The molecule has 0 fully saturated rings. The van der Waals surface area contributed by atoms with E-state index in [0.29, 0.717) is 13.0 Å². The van der Waals surface area contributed by atoms with E-state index in [0.717, 1.165) is 12.2 Å². The lowest BCUT2D eigenvalue weighted by molar-refractivity contribution is -0.110. The first-order valence-electron chi connectivity index (χ1n) is 7.13. The fourth-order valence-corrected chi connectivity index (χ4v) is 2.14. The molecule has 0 radical (unpaired) electrons. The van der Waals surface area contributed by atoms with E-state index >= 15 is 0 Å². The van der Waals surface area contributed by atoms with E-state index in [4.69, 9.17) is 14.2 Å². The summed E-state index contributed by atoms with van der Waals surface area (Å²) in [6.07, 6.45) is 1.44. The van der Waals surface area contributed by atoms with Gasteiger partial charge >= 0.3 is 0 Å². The smallest absolute Gasteiger partial charge is 0.160 e. The van der Waals surface area contributed by atoms with Gasteiger partial charge in [-0.25, -0.2) is 0 Å². The molecule has 3 heteroatoms. The second-order valence-corrected chi connectivity index (χ2v) is 4.84. The Morgan fingerprint density at radius 3 is 2.05 bits per heavy atom. The van der Waals surface area contributed by atoms with Gasteiger partial charge in [0.2, 0.25) is 0 Å². The molecule has 0 saturated heterocycles. The molecule has 0 aliphatic heterocycles. The van der Waals surface area contributed by atoms with E-state index in [-0.39, 0.29) is 6.29 Å². The molecule has 3 nitrogen and oxygen atoms in total. The molecule has 0 heterocycles. The molecule has 0 saturated carbocycles. The second kappa shape index (κ2) is 8.45. The lowest BCUT2D eigenvalue weighted by Gasteiger charge is -2.13. The first kappa shape index (κ1) is 15.5. The van der Waals surface area contributed by atoms with Crippen LogP contribution in [0.4, 0.5) is 0 Å². The normalized spacial score (nSPS) is 10.8. The molecule has 0 unspecified atom stereocenters. The van der Waals surface area contributed by atoms with Gasteiger partial charge in [-0.15, -0.1) is 0 Å². The van der Waals surface area contributed by atoms with Crippen LogP contribution >= 0.6 is 0 Å². The zero-order chi connectivity index (χ0) is 14.9. The highest BCUT2D eigenvalue weighted by atomic mass is 16.7. The summed E-state index contributed by atoms with van der Waals surface area (Å²) in [5.74, 6) is 0.873. The molecule has 0 aliphatic rings. The minimum atomic E-state index is -0.206. The first-order chi connectivity index (χ1) is 10.3. The number of benzene rings is 2. The quantitative estimate of drug-likeness (QED) is 0.693. The molecule has 0 atom stereocenters. The van der Waals surface area contributed by atoms with Crippen LogP contribution in [0.25, 0.3) is 0 Å². The summed E-state index contributed by atoms with van der Waals surface area (Å²) in [6.45, 7) is 0.574. The van der Waals surface area contributed by atoms with Crippen LogP contribution < -0.4 is 4.74 Å². The van der Waals surface area contributed by atoms with Crippen molar-refractivity contribution in [3.8, 4) is 5.75 Å². The maximum absolute atomic E-state index is 5.69. The third-order valence-electron chi connectivity index (χ3n) is 3.32. The number of ether oxygens (including phenoxy) is 3. The largest absolute Gasteiger partial charge is 0.493 e. The Labute approximate surface area is 126 Å². The first-order valence-corrected chi connectivity index (χ1v) is 7.13. The monoisotopic (exact) mass is 286 g/mol. The van der Waals surface area contributed by atoms with Crippen molar-refractivity contribution in [1.82, 2.24) is 0 Å². The van der Waals surface area contributed by atoms with Crippen molar-refractivity contribution in [2.24, 2.45) is 0 Å². The lowest BCUT2D eigenvalue weighted by Crippen LogP contribution is -2.16. The van der Waals surface area contributed by atoms with Crippen LogP contribution in [-0.2, 0) is 15.9 Å². The van der Waals surface area contributed by atoms with Gasteiger partial charge in [0, 0.05) is 20.6 Å².